The fourth-order valence-electron chi connectivity index (χ4n) is 1.79. The van der Waals surface area contributed by atoms with Crippen LogP contribution >= 0.6 is 0 Å². The van der Waals surface area contributed by atoms with Gasteiger partial charge in [-0.2, -0.15) is 0 Å². The number of ether oxygens (including phenoxy) is 1. The molecular formula is C14H20N2O3. The summed E-state index contributed by atoms with van der Waals surface area (Å²) in [5, 5.41) is 2.59. The van der Waals surface area contributed by atoms with E-state index in [1.807, 2.05) is 30.3 Å². The molecule has 0 bridgehead atoms. The fraction of sp³-hybridized carbons (Fsp3) is 0.429. The number of likely N-dealkylation sites (N-methyl/N-ethyl adjacent to an activating group) is 1. The van der Waals surface area contributed by atoms with Gasteiger partial charge >= 0.3 is 0 Å². The largest absolute Gasteiger partial charge is 0.382 e. The molecule has 1 aromatic carbocycles. The zero-order valence-corrected chi connectivity index (χ0v) is 11.6. The van der Waals surface area contributed by atoms with E-state index in [2.05, 4.69) is 5.32 Å². The van der Waals surface area contributed by atoms with E-state index in [-0.39, 0.29) is 18.4 Å². The van der Waals surface area contributed by atoms with Crippen LogP contribution in [-0.4, -0.2) is 43.5 Å². The van der Waals surface area contributed by atoms with Crippen LogP contribution < -0.4 is 5.32 Å². The molecule has 2 amide bonds. The molecule has 0 saturated carbocycles. The lowest BCUT2D eigenvalue weighted by atomic mass is 10.2. The molecule has 104 valence electrons. The third kappa shape index (κ3) is 5.09. The summed E-state index contributed by atoms with van der Waals surface area (Å²) < 4.78 is 4.96. The highest BCUT2D eigenvalue weighted by molar-refractivity contribution is 5.86. The van der Waals surface area contributed by atoms with Gasteiger partial charge in [0.2, 0.25) is 11.8 Å². The van der Waals surface area contributed by atoms with E-state index in [1.165, 1.54) is 14.0 Å². The Kier molecular flexibility index (Phi) is 6.02. The van der Waals surface area contributed by atoms with Crippen LogP contribution in [0.15, 0.2) is 30.3 Å². The van der Waals surface area contributed by atoms with Gasteiger partial charge in [-0.05, 0) is 5.56 Å². The summed E-state index contributed by atoms with van der Waals surface area (Å²) in [4.78, 5) is 24.9. The molecule has 1 rings (SSSR count). The number of rotatable bonds is 6. The summed E-state index contributed by atoms with van der Waals surface area (Å²) in [6.07, 6.45) is 0. The number of hydrogen-bond donors (Lipinski definition) is 1. The Morgan fingerprint density at radius 3 is 2.47 bits per heavy atom. The number of carbonyl (C=O) groups excluding carboxylic acids is 2. The first-order valence-electron chi connectivity index (χ1n) is 6.09. The number of hydrogen-bond acceptors (Lipinski definition) is 3. The van der Waals surface area contributed by atoms with Crippen molar-refractivity contribution in [1.29, 1.82) is 0 Å². The Balaban J connectivity index is 2.65. The summed E-state index contributed by atoms with van der Waals surface area (Å²) in [6, 6.07) is 9.04. The van der Waals surface area contributed by atoms with Gasteiger partial charge in [-0.15, -0.1) is 0 Å². The molecule has 0 unspecified atom stereocenters. The Bertz CT molecular complexity index is 420. The summed E-state index contributed by atoms with van der Waals surface area (Å²) >= 11 is 0. The summed E-state index contributed by atoms with van der Waals surface area (Å²) in [6.45, 7) is 2.05. The predicted molar refractivity (Wildman–Crippen MR) is 72.4 cm³/mol. The first kappa shape index (κ1) is 15.2. The minimum atomic E-state index is -0.642. The fourth-order valence-corrected chi connectivity index (χ4v) is 1.79. The number of carbonyl (C=O) groups is 2. The van der Waals surface area contributed by atoms with E-state index in [1.54, 1.807) is 11.9 Å². The molecule has 1 N–H and O–H groups in total. The predicted octanol–water partition coefficient (Wildman–Crippen LogP) is 0.796. The Labute approximate surface area is 113 Å². The van der Waals surface area contributed by atoms with Gasteiger partial charge in [-0.1, -0.05) is 30.3 Å². The van der Waals surface area contributed by atoms with Crippen molar-refractivity contribution in [3.05, 3.63) is 35.9 Å². The second-order valence-electron chi connectivity index (χ2n) is 4.39. The standard InChI is InChI=1S/C14H20N2O3/c1-11(17)15-13(10-19-3)14(18)16(2)9-12-7-5-4-6-8-12/h4-8,13H,9-10H2,1-3H3,(H,15,17)/t13-/m0/s1. The topological polar surface area (TPSA) is 58.6 Å². The Morgan fingerprint density at radius 2 is 1.95 bits per heavy atom. The SMILES string of the molecule is COC[C@H](NC(C)=O)C(=O)N(C)Cc1ccccc1. The molecule has 0 aliphatic heterocycles. The van der Waals surface area contributed by atoms with Crippen molar-refractivity contribution in [2.75, 3.05) is 20.8 Å². The van der Waals surface area contributed by atoms with Crippen LogP contribution in [0.2, 0.25) is 0 Å². The van der Waals surface area contributed by atoms with Crippen molar-refractivity contribution < 1.29 is 14.3 Å². The van der Waals surface area contributed by atoms with Gasteiger partial charge in [0.25, 0.3) is 0 Å². The van der Waals surface area contributed by atoms with Crippen LogP contribution in [0.5, 0.6) is 0 Å². The Hall–Kier alpha value is -1.88. The van der Waals surface area contributed by atoms with E-state index in [0.29, 0.717) is 6.54 Å². The molecule has 1 atom stereocenters. The van der Waals surface area contributed by atoms with Crippen molar-refractivity contribution in [3.8, 4) is 0 Å². The van der Waals surface area contributed by atoms with E-state index >= 15 is 0 Å². The van der Waals surface area contributed by atoms with Crippen LogP contribution in [0.1, 0.15) is 12.5 Å². The quantitative estimate of drug-likeness (QED) is 0.826. The molecule has 0 saturated heterocycles. The minimum absolute atomic E-state index is 0.164. The lowest BCUT2D eigenvalue weighted by molar-refractivity contribution is -0.136. The van der Waals surface area contributed by atoms with Crippen LogP contribution in [-0.2, 0) is 20.9 Å². The van der Waals surface area contributed by atoms with Crippen molar-refractivity contribution in [1.82, 2.24) is 10.2 Å². The molecule has 0 aliphatic rings. The minimum Gasteiger partial charge on any atom is -0.382 e. The molecule has 0 heterocycles. The highest BCUT2D eigenvalue weighted by atomic mass is 16.5. The first-order valence-corrected chi connectivity index (χ1v) is 6.09. The van der Waals surface area contributed by atoms with Crippen molar-refractivity contribution in [2.24, 2.45) is 0 Å². The lowest BCUT2D eigenvalue weighted by Gasteiger charge is -2.23. The lowest BCUT2D eigenvalue weighted by Crippen LogP contribution is -2.48. The average Bonchev–Trinajstić information content (AvgIpc) is 2.38. The molecule has 0 aliphatic carbocycles. The van der Waals surface area contributed by atoms with E-state index in [9.17, 15) is 9.59 Å². The van der Waals surface area contributed by atoms with Crippen LogP contribution in [0.25, 0.3) is 0 Å². The van der Waals surface area contributed by atoms with Crippen LogP contribution in [0, 0.1) is 0 Å². The summed E-state index contributed by atoms with van der Waals surface area (Å²) in [5.74, 6) is -0.413. The smallest absolute Gasteiger partial charge is 0.247 e. The average molecular weight is 264 g/mol. The van der Waals surface area contributed by atoms with Crippen LogP contribution in [0.3, 0.4) is 0 Å². The van der Waals surface area contributed by atoms with Gasteiger partial charge in [-0.25, -0.2) is 0 Å². The van der Waals surface area contributed by atoms with Crippen molar-refractivity contribution >= 4 is 11.8 Å². The van der Waals surface area contributed by atoms with Gasteiger partial charge in [-0.3, -0.25) is 9.59 Å². The Morgan fingerprint density at radius 1 is 1.32 bits per heavy atom. The van der Waals surface area contributed by atoms with Gasteiger partial charge in [0.05, 0.1) is 6.61 Å². The monoisotopic (exact) mass is 264 g/mol. The molecular weight excluding hydrogens is 244 g/mol. The van der Waals surface area contributed by atoms with Gasteiger partial charge in [0.15, 0.2) is 0 Å². The summed E-state index contributed by atoms with van der Waals surface area (Å²) in [7, 11) is 3.21. The molecule has 19 heavy (non-hydrogen) atoms. The molecule has 0 aromatic heterocycles. The maximum Gasteiger partial charge on any atom is 0.247 e. The maximum atomic E-state index is 12.2. The van der Waals surface area contributed by atoms with E-state index in [4.69, 9.17) is 4.74 Å². The number of nitrogens with one attached hydrogen (secondary N) is 1. The number of methoxy groups -OCH3 is 1. The first-order chi connectivity index (χ1) is 9.04. The number of amides is 2. The summed E-state index contributed by atoms with van der Waals surface area (Å²) in [5.41, 5.74) is 1.04. The van der Waals surface area contributed by atoms with E-state index < -0.39 is 6.04 Å². The van der Waals surface area contributed by atoms with Gasteiger partial charge in [0.1, 0.15) is 6.04 Å². The molecule has 0 spiro atoms. The van der Waals surface area contributed by atoms with Crippen molar-refractivity contribution in [3.63, 3.8) is 0 Å². The normalized spacial score (nSPS) is 11.7. The van der Waals surface area contributed by atoms with Gasteiger partial charge < -0.3 is 15.0 Å². The van der Waals surface area contributed by atoms with E-state index in [0.717, 1.165) is 5.56 Å². The highest BCUT2D eigenvalue weighted by Crippen LogP contribution is 2.04. The second kappa shape index (κ2) is 7.53. The molecule has 1 aromatic rings. The van der Waals surface area contributed by atoms with Gasteiger partial charge in [0, 0.05) is 27.6 Å². The highest BCUT2D eigenvalue weighted by Gasteiger charge is 2.22. The molecule has 0 radical (unpaired) electrons. The third-order valence-corrected chi connectivity index (χ3v) is 2.65. The maximum absolute atomic E-state index is 12.2. The van der Waals surface area contributed by atoms with Crippen molar-refractivity contribution in [2.45, 2.75) is 19.5 Å². The zero-order valence-electron chi connectivity index (χ0n) is 11.6. The number of nitrogens with zero attached hydrogens (tertiary/aromatic N) is 1. The molecule has 0 fully saturated rings. The number of benzene rings is 1. The molecule has 5 heteroatoms. The zero-order chi connectivity index (χ0) is 14.3. The van der Waals surface area contributed by atoms with Crippen LogP contribution in [0.4, 0.5) is 0 Å². The second-order valence-corrected chi connectivity index (χ2v) is 4.39. The third-order valence-electron chi connectivity index (χ3n) is 2.65. The molecule has 5 nitrogen and oxygen atoms in total.